The van der Waals surface area contributed by atoms with Gasteiger partial charge >= 0.3 is 17.9 Å². The van der Waals surface area contributed by atoms with Crippen molar-refractivity contribution in [2.24, 2.45) is 5.73 Å². The van der Waals surface area contributed by atoms with E-state index in [2.05, 4.69) is 41.9 Å². The van der Waals surface area contributed by atoms with Crippen molar-refractivity contribution >= 4 is 55.7 Å². The number of benzene rings is 2. The van der Waals surface area contributed by atoms with Gasteiger partial charge in [-0.15, -0.1) is 0 Å². The minimum atomic E-state index is -0.912. The number of halogens is 4. The molecule has 0 spiro atoms. The molecule has 0 saturated carbocycles. The molecule has 2 aromatic carbocycles. The molecule has 0 aliphatic carbocycles. The van der Waals surface area contributed by atoms with Gasteiger partial charge in [-0.3, -0.25) is 19.2 Å². The monoisotopic (exact) mass is 650 g/mol. The molecule has 2 aromatic rings. The third kappa shape index (κ3) is 15.2. The molecule has 1 fully saturated rings. The number of carbonyl (C=O) groups excluding carboxylic acids is 3. The molecule has 1 heterocycles. The number of ether oxygens (including phenoxy) is 1. The van der Waals surface area contributed by atoms with Gasteiger partial charge < -0.3 is 20.9 Å². The largest absolute Gasteiger partial charge is 0.481 e. The molecule has 12 heteroatoms. The molecular weight excluding hydrogens is 622 g/mol. The highest BCUT2D eigenvalue weighted by Gasteiger charge is 2.16. The summed E-state index contributed by atoms with van der Waals surface area (Å²) in [5, 5.41) is 11.1. The van der Waals surface area contributed by atoms with E-state index in [1.165, 1.54) is 12.1 Å². The van der Waals surface area contributed by atoms with Gasteiger partial charge in [-0.25, -0.2) is 8.78 Å². The summed E-state index contributed by atoms with van der Waals surface area (Å²) >= 11 is 6.11. The molecule has 3 rings (SSSR count). The Hall–Kier alpha value is -2.70. The van der Waals surface area contributed by atoms with Crippen LogP contribution in [0.3, 0.4) is 0 Å². The summed E-state index contributed by atoms with van der Waals surface area (Å²) in [5.41, 5.74) is 7.02. The molecule has 1 aliphatic heterocycles. The number of carboxylic acids is 1. The molecule has 204 valence electrons. The Morgan fingerprint density at radius 1 is 0.946 bits per heavy atom. The van der Waals surface area contributed by atoms with Crippen LogP contribution >= 0.6 is 31.9 Å². The molecule has 0 bridgehead atoms. The molecule has 8 nitrogen and oxygen atoms in total. The molecule has 1 aliphatic rings. The topological polar surface area (TPSA) is 136 Å². The minimum Gasteiger partial charge on any atom is -0.481 e. The maximum atomic E-state index is 12.9. The van der Waals surface area contributed by atoms with Crippen LogP contribution in [-0.2, 0) is 37.0 Å². The fourth-order valence-electron chi connectivity index (χ4n) is 2.61. The van der Waals surface area contributed by atoms with Crippen LogP contribution in [0, 0.1) is 11.6 Å². The lowest BCUT2D eigenvalue weighted by atomic mass is 10.2. The van der Waals surface area contributed by atoms with Crippen molar-refractivity contribution in [2.75, 3.05) is 0 Å². The first kappa shape index (κ1) is 34.3. The van der Waals surface area contributed by atoms with Crippen molar-refractivity contribution in [3.05, 3.63) is 68.1 Å². The maximum absolute atomic E-state index is 12.9. The van der Waals surface area contributed by atoms with Crippen LogP contribution in [-0.4, -0.2) is 28.9 Å². The number of nitrogens with two attached hydrogens (primary N) is 1. The summed E-state index contributed by atoms with van der Waals surface area (Å²) in [6, 6.07) is 9.22. The molecular formula is C25H30Br2F2N2O6. The number of carbonyl (C=O) groups is 4. The van der Waals surface area contributed by atoms with Gasteiger partial charge in [0.1, 0.15) is 11.6 Å². The highest BCUT2D eigenvalue weighted by Crippen LogP contribution is 2.17. The van der Waals surface area contributed by atoms with Gasteiger partial charge in [0.2, 0.25) is 5.91 Å². The lowest BCUT2D eigenvalue weighted by molar-refractivity contribution is -0.163. The minimum absolute atomic E-state index is 0. The summed E-state index contributed by atoms with van der Waals surface area (Å²) in [5.74, 6) is -2.51. The smallest absolute Gasteiger partial charge is 0.313 e. The van der Waals surface area contributed by atoms with E-state index in [0.29, 0.717) is 47.7 Å². The molecule has 1 saturated heterocycles. The predicted octanol–water partition coefficient (Wildman–Crippen LogP) is 5.38. The van der Waals surface area contributed by atoms with Crippen LogP contribution in [0.4, 0.5) is 8.78 Å². The van der Waals surface area contributed by atoms with Crippen LogP contribution in [0.5, 0.6) is 0 Å². The van der Waals surface area contributed by atoms with Crippen LogP contribution < -0.4 is 11.1 Å². The van der Waals surface area contributed by atoms with Crippen molar-refractivity contribution in [3.63, 3.8) is 0 Å². The van der Waals surface area contributed by atoms with E-state index in [1.54, 1.807) is 24.3 Å². The number of esters is 2. The van der Waals surface area contributed by atoms with Crippen molar-refractivity contribution in [2.45, 2.75) is 59.0 Å². The highest BCUT2D eigenvalue weighted by molar-refractivity contribution is 9.10. The summed E-state index contributed by atoms with van der Waals surface area (Å²) in [4.78, 5) is 42.1. The average Bonchev–Trinajstić information content (AvgIpc) is 2.82. The lowest BCUT2D eigenvalue weighted by Gasteiger charge is -2.06. The Morgan fingerprint density at radius 3 is 1.89 bits per heavy atom. The van der Waals surface area contributed by atoms with Crippen LogP contribution in [0.25, 0.3) is 0 Å². The molecule has 0 radical (unpaired) electrons. The van der Waals surface area contributed by atoms with Gasteiger partial charge in [0, 0.05) is 38.8 Å². The molecule has 0 atom stereocenters. The second-order valence-corrected chi connectivity index (χ2v) is 9.13. The van der Waals surface area contributed by atoms with Crippen LogP contribution in [0.2, 0.25) is 0 Å². The number of nitrogens with one attached hydrogen (secondary N) is 1. The van der Waals surface area contributed by atoms with Crippen LogP contribution in [0.1, 0.15) is 57.1 Å². The van der Waals surface area contributed by atoms with Gasteiger partial charge in [-0.2, -0.15) is 0 Å². The lowest BCUT2D eigenvalue weighted by Crippen LogP contribution is -2.22. The predicted molar refractivity (Wildman–Crippen MR) is 141 cm³/mol. The molecule has 1 amide bonds. The highest BCUT2D eigenvalue weighted by atomic mass is 79.9. The molecule has 37 heavy (non-hydrogen) atoms. The van der Waals surface area contributed by atoms with E-state index in [0.717, 1.165) is 11.1 Å². The van der Waals surface area contributed by atoms with E-state index in [4.69, 9.17) is 10.8 Å². The van der Waals surface area contributed by atoms with E-state index in [1.807, 2.05) is 0 Å². The second kappa shape index (κ2) is 18.5. The maximum Gasteiger partial charge on any atom is 0.313 e. The molecule has 4 N–H and O–H groups in total. The van der Waals surface area contributed by atoms with E-state index in [9.17, 15) is 28.0 Å². The zero-order chi connectivity index (χ0) is 27.1. The molecule has 0 aromatic heterocycles. The van der Waals surface area contributed by atoms with Crippen molar-refractivity contribution in [1.82, 2.24) is 5.32 Å². The van der Waals surface area contributed by atoms with Gasteiger partial charge in [0.25, 0.3) is 0 Å². The number of amides is 1. The fraction of sp³-hybridized carbons (Fsp3) is 0.360. The van der Waals surface area contributed by atoms with E-state index >= 15 is 0 Å². The first-order valence-corrected chi connectivity index (χ1v) is 12.4. The van der Waals surface area contributed by atoms with Gasteiger partial charge in [0.15, 0.2) is 0 Å². The third-order valence-electron chi connectivity index (χ3n) is 4.48. The number of hydrogen-bond donors (Lipinski definition) is 3. The summed E-state index contributed by atoms with van der Waals surface area (Å²) in [6.07, 6.45) is 1.91. The number of aliphatic carboxylic acids is 1. The third-order valence-corrected chi connectivity index (χ3v) is 5.69. The Bertz CT molecular complexity index is 1060. The van der Waals surface area contributed by atoms with Gasteiger partial charge in [-0.1, -0.05) is 19.6 Å². The summed E-state index contributed by atoms with van der Waals surface area (Å²) in [7, 11) is 0. The van der Waals surface area contributed by atoms with E-state index < -0.39 is 5.97 Å². The van der Waals surface area contributed by atoms with Crippen molar-refractivity contribution in [1.29, 1.82) is 0 Å². The Kier molecular flexibility index (Phi) is 17.2. The Morgan fingerprint density at radius 2 is 1.46 bits per heavy atom. The Balaban J connectivity index is 0.000000574. The fourth-order valence-corrected chi connectivity index (χ4v) is 3.46. The first-order chi connectivity index (χ1) is 17.0. The average molecular weight is 652 g/mol. The van der Waals surface area contributed by atoms with Gasteiger partial charge in [-0.05, 0) is 80.1 Å². The van der Waals surface area contributed by atoms with Crippen molar-refractivity contribution < 1.29 is 37.8 Å². The quantitative estimate of drug-likeness (QED) is 0.270. The van der Waals surface area contributed by atoms with Gasteiger partial charge in [0.05, 0.1) is 8.95 Å². The first-order valence-electron chi connectivity index (χ1n) is 10.8. The standard InChI is InChI=1S/C12H13BrFNO3.C7H7BrFN.C5H6O3.CH4/c13-9-6-8(4-5-10(9)14)7-15-11(16)2-1-3-12(17)18;8-6-3-5(4-10)1-2-7(6)9;6-4-2-1-3-5(7)8-4;/h4-6H,1-3,7H2,(H,15,16)(H,17,18);1-3H,4,10H2;1-3H2;1H4. The SMILES string of the molecule is C.NCc1ccc(F)c(Br)c1.O=C(O)CCCC(=O)NCc1ccc(F)c(Br)c1.O=C1CCCC(=O)O1. The number of rotatable bonds is 7. The Labute approximate surface area is 231 Å². The van der Waals surface area contributed by atoms with E-state index in [-0.39, 0.29) is 49.7 Å². The number of hydrogen-bond acceptors (Lipinski definition) is 6. The molecule has 0 unspecified atom stereocenters. The zero-order valence-corrected chi connectivity index (χ0v) is 22.4. The van der Waals surface area contributed by atoms with Crippen molar-refractivity contribution in [3.8, 4) is 0 Å². The summed E-state index contributed by atoms with van der Waals surface area (Å²) in [6.45, 7) is 0.740. The number of cyclic esters (lactones) is 2. The zero-order valence-electron chi connectivity index (χ0n) is 19.2. The normalized spacial score (nSPS) is 12.0. The second-order valence-electron chi connectivity index (χ2n) is 7.42. The summed E-state index contributed by atoms with van der Waals surface area (Å²) < 4.78 is 30.5. The van der Waals surface area contributed by atoms with Crippen LogP contribution in [0.15, 0.2) is 45.3 Å². The number of carboxylic acid groups (broad SMARTS) is 1.